The van der Waals surface area contributed by atoms with Gasteiger partial charge in [-0.05, 0) is 5.56 Å². The van der Waals surface area contributed by atoms with Crippen molar-refractivity contribution < 1.29 is 0 Å². The highest BCUT2D eigenvalue weighted by Crippen LogP contribution is 2.27. The van der Waals surface area contributed by atoms with Crippen molar-refractivity contribution in [3.05, 3.63) is 35.9 Å². The van der Waals surface area contributed by atoms with E-state index in [4.69, 9.17) is 12.2 Å². The van der Waals surface area contributed by atoms with Gasteiger partial charge in [0.2, 0.25) is 0 Å². The molecule has 0 spiro atoms. The molecule has 1 aliphatic rings. The molecule has 1 atom stereocenters. The van der Waals surface area contributed by atoms with Crippen molar-refractivity contribution in [3.63, 3.8) is 0 Å². The minimum atomic E-state index is 0.560. The molecule has 1 saturated heterocycles. The van der Waals surface area contributed by atoms with Crippen LogP contribution in [0.3, 0.4) is 0 Å². The Labute approximate surface area is 106 Å². The molecular weight excluding hydrogens is 242 g/mol. The van der Waals surface area contributed by atoms with Crippen LogP contribution in [-0.2, 0) is 6.54 Å². The Morgan fingerprint density at radius 3 is 2.73 bits per heavy atom. The van der Waals surface area contributed by atoms with Gasteiger partial charge in [0.25, 0.3) is 0 Å². The predicted octanol–water partition coefficient (Wildman–Crippen LogP) is 2.82. The van der Waals surface area contributed by atoms with Gasteiger partial charge in [0.05, 0.1) is 0 Å². The minimum absolute atomic E-state index is 0.560. The molecule has 0 amide bonds. The molecule has 2 rings (SSSR count). The fourth-order valence-electron chi connectivity index (χ4n) is 1.60. The summed E-state index contributed by atoms with van der Waals surface area (Å²) in [6.07, 6.45) is 0. The van der Waals surface area contributed by atoms with Crippen molar-refractivity contribution in [2.75, 3.05) is 12.3 Å². The number of hydrogen-bond donors (Lipinski definition) is 1. The standard InChI is InChI=1S/C11H13NS3/c13-8-10-7-12(11(14)15-10)6-9-4-2-1-3-5-9/h1-5,10,13H,6-8H2. The third kappa shape index (κ3) is 2.89. The molecule has 0 N–H and O–H groups in total. The molecule has 1 nitrogen and oxygen atoms in total. The Morgan fingerprint density at radius 2 is 2.13 bits per heavy atom. The summed E-state index contributed by atoms with van der Waals surface area (Å²) in [4.78, 5) is 2.26. The summed E-state index contributed by atoms with van der Waals surface area (Å²) >= 11 is 11.4. The van der Waals surface area contributed by atoms with Crippen molar-refractivity contribution in [3.8, 4) is 0 Å². The van der Waals surface area contributed by atoms with Crippen molar-refractivity contribution >= 4 is 40.9 Å². The molecular formula is C11H13NS3. The van der Waals surface area contributed by atoms with E-state index in [1.54, 1.807) is 11.8 Å². The van der Waals surface area contributed by atoms with Gasteiger partial charge in [0, 0.05) is 24.1 Å². The van der Waals surface area contributed by atoms with E-state index in [-0.39, 0.29) is 0 Å². The third-order valence-corrected chi connectivity index (χ3v) is 4.71. The van der Waals surface area contributed by atoms with Crippen molar-refractivity contribution in [2.24, 2.45) is 0 Å². The average Bonchev–Trinajstić information content (AvgIpc) is 2.61. The first-order chi connectivity index (χ1) is 7.29. The maximum atomic E-state index is 5.34. The summed E-state index contributed by atoms with van der Waals surface area (Å²) in [5, 5.41) is 0.560. The number of benzene rings is 1. The van der Waals surface area contributed by atoms with E-state index in [2.05, 4.69) is 41.8 Å². The maximum absolute atomic E-state index is 5.34. The SMILES string of the molecule is S=C1SC(CS)CN1Cc1ccccc1. The Hall–Kier alpha value is -0.190. The fourth-order valence-corrected chi connectivity index (χ4v) is 3.39. The molecule has 1 heterocycles. The van der Waals surface area contributed by atoms with E-state index in [1.807, 2.05) is 6.07 Å². The molecule has 0 aromatic heterocycles. The monoisotopic (exact) mass is 255 g/mol. The van der Waals surface area contributed by atoms with Gasteiger partial charge in [-0.15, -0.1) is 0 Å². The molecule has 1 aromatic carbocycles. The minimum Gasteiger partial charge on any atom is -0.352 e. The van der Waals surface area contributed by atoms with Crippen LogP contribution >= 0.6 is 36.6 Å². The van der Waals surface area contributed by atoms with Crippen LogP contribution in [0, 0.1) is 0 Å². The summed E-state index contributed by atoms with van der Waals surface area (Å²) in [5.41, 5.74) is 1.32. The van der Waals surface area contributed by atoms with E-state index < -0.39 is 0 Å². The van der Waals surface area contributed by atoms with Crippen LogP contribution in [0.25, 0.3) is 0 Å². The zero-order valence-corrected chi connectivity index (χ0v) is 10.8. The zero-order valence-electron chi connectivity index (χ0n) is 8.30. The topological polar surface area (TPSA) is 3.24 Å². The molecule has 15 heavy (non-hydrogen) atoms. The molecule has 1 fully saturated rings. The average molecular weight is 255 g/mol. The first-order valence-corrected chi connectivity index (χ1v) is 6.82. The normalized spacial score (nSPS) is 21.0. The fraction of sp³-hybridized carbons (Fsp3) is 0.364. The molecule has 0 aliphatic carbocycles. The molecule has 0 radical (unpaired) electrons. The highest BCUT2D eigenvalue weighted by atomic mass is 32.2. The van der Waals surface area contributed by atoms with Gasteiger partial charge in [0.15, 0.2) is 0 Å². The lowest BCUT2D eigenvalue weighted by Gasteiger charge is -2.17. The lowest BCUT2D eigenvalue weighted by molar-refractivity contribution is 0.444. The molecule has 0 saturated carbocycles. The number of hydrogen-bond acceptors (Lipinski definition) is 3. The van der Waals surface area contributed by atoms with E-state index in [1.165, 1.54) is 5.56 Å². The van der Waals surface area contributed by atoms with Crippen molar-refractivity contribution in [1.29, 1.82) is 0 Å². The zero-order chi connectivity index (χ0) is 10.7. The summed E-state index contributed by atoms with van der Waals surface area (Å²) in [6, 6.07) is 10.5. The lowest BCUT2D eigenvalue weighted by Crippen LogP contribution is -2.24. The molecule has 80 valence electrons. The third-order valence-electron chi connectivity index (χ3n) is 2.37. The number of nitrogens with zero attached hydrogens (tertiary/aromatic N) is 1. The van der Waals surface area contributed by atoms with Gasteiger partial charge < -0.3 is 4.90 Å². The second kappa shape index (κ2) is 5.23. The number of rotatable bonds is 3. The van der Waals surface area contributed by atoms with Gasteiger partial charge in [-0.1, -0.05) is 54.3 Å². The molecule has 0 bridgehead atoms. The van der Waals surface area contributed by atoms with E-state index in [0.29, 0.717) is 5.25 Å². The molecule has 1 unspecified atom stereocenters. The molecule has 1 aromatic rings. The highest BCUT2D eigenvalue weighted by Gasteiger charge is 2.26. The van der Waals surface area contributed by atoms with Crippen LogP contribution in [0.1, 0.15) is 5.56 Å². The Balaban J connectivity index is 1.99. The second-order valence-corrected chi connectivity index (χ2v) is 5.85. The first-order valence-electron chi connectivity index (χ1n) is 4.90. The van der Waals surface area contributed by atoms with E-state index in [9.17, 15) is 0 Å². The summed E-state index contributed by atoms with van der Waals surface area (Å²) in [6.45, 7) is 1.96. The predicted molar refractivity (Wildman–Crippen MR) is 74.7 cm³/mol. The van der Waals surface area contributed by atoms with Crippen LogP contribution < -0.4 is 0 Å². The summed E-state index contributed by atoms with van der Waals surface area (Å²) in [5.74, 6) is 0.899. The van der Waals surface area contributed by atoms with Crippen LogP contribution in [0.4, 0.5) is 0 Å². The van der Waals surface area contributed by atoms with Gasteiger partial charge in [-0.3, -0.25) is 0 Å². The number of thiol groups is 1. The van der Waals surface area contributed by atoms with Crippen molar-refractivity contribution in [2.45, 2.75) is 11.8 Å². The number of thioether (sulfide) groups is 1. The van der Waals surface area contributed by atoms with Crippen LogP contribution in [0.5, 0.6) is 0 Å². The lowest BCUT2D eigenvalue weighted by atomic mass is 10.2. The largest absolute Gasteiger partial charge is 0.352 e. The van der Waals surface area contributed by atoms with Crippen LogP contribution in [-0.4, -0.2) is 26.8 Å². The smallest absolute Gasteiger partial charge is 0.137 e. The molecule has 1 aliphatic heterocycles. The highest BCUT2D eigenvalue weighted by molar-refractivity contribution is 8.23. The number of thiocarbonyl (C=S) groups is 1. The van der Waals surface area contributed by atoms with Gasteiger partial charge in [-0.25, -0.2) is 0 Å². The summed E-state index contributed by atoms with van der Waals surface area (Å²) in [7, 11) is 0. The Morgan fingerprint density at radius 1 is 1.40 bits per heavy atom. The van der Waals surface area contributed by atoms with Gasteiger partial charge in [-0.2, -0.15) is 12.6 Å². The Kier molecular flexibility index (Phi) is 3.94. The summed E-state index contributed by atoms with van der Waals surface area (Å²) < 4.78 is 1.01. The Bertz CT molecular complexity index is 339. The van der Waals surface area contributed by atoms with E-state index >= 15 is 0 Å². The van der Waals surface area contributed by atoms with Gasteiger partial charge in [0.1, 0.15) is 4.32 Å². The second-order valence-electron chi connectivity index (χ2n) is 3.55. The molecule has 4 heteroatoms. The van der Waals surface area contributed by atoms with E-state index in [0.717, 1.165) is 23.2 Å². The van der Waals surface area contributed by atoms with Crippen LogP contribution in [0.15, 0.2) is 30.3 Å². The van der Waals surface area contributed by atoms with Crippen LogP contribution in [0.2, 0.25) is 0 Å². The quantitative estimate of drug-likeness (QED) is 0.654. The maximum Gasteiger partial charge on any atom is 0.137 e. The first kappa shape index (κ1) is 11.3. The van der Waals surface area contributed by atoms with Crippen molar-refractivity contribution in [1.82, 2.24) is 4.90 Å². The van der Waals surface area contributed by atoms with Gasteiger partial charge >= 0.3 is 0 Å².